The number of fused-ring (bicyclic) bond motifs is 1. The Kier molecular flexibility index (Phi) is 3.14. The zero-order valence-electron chi connectivity index (χ0n) is 9.81. The Morgan fingerprint density at radius 1 is 1.28 bits per heavy atom. The molecular weight excluding hydrogens is 310 g/mol. The summed E-state index contributed by atoms with van der Waals surface area (Å²) in [5.74, 6) is 0.953. The van der Waals surface area contributed by atoms with Crippen LogP contribution < -0.4 is 5.32 Å². The van der Waals surface area contributed by atoms with E-state index in [1.807, 2.05) is 12.1 Å². The predicted octanol–water partition coefficient (Wildman–Crippen LogP) is 5.43. The fourth-order valence-electron chi connectivity index (χ4n) is 1.92. The highest BCUT2D eigenvalue weighted by Gasteiger charge is 2.11. The summed E-state index contributed by atoms with van der Waals surface area (Å²) in [5, 5.41) is 8.70. The first kappa shape index (κ1) is 11.8. The van der Waals surface area contributed by atoms with E-state index in [1.54, 1.807) is 11.3 Å². The van der Waals surface area contributed by atoms with E-state index < -0.39 is 0 Å². The largest absolute Gasteiger partial charge is 0.459 e. The van der Waals surface area contributed by atoms with Crippen molar-refractivity contribution < 1.29 is 4.42 Å². The second-order valence-corrected chi connectivity index (χ2v) is 5.90. The number of halogens is 1. The standard InChI is InChI=1S/C14H12BrNOS/c1-9(16-12-4-5-18-8-12)14-7-10-6-11(15)2-3-13(10)17-14/h2-9,16H,1H3. The van der Waals surface area contributed by atoms with Crippen LogP contribution in [0.2, 0.25) is 0 Å². The van der Waals surface area contributed by atoms with Crippen LogP contribution in [-0.2, 0) is 0 Å². The highest BCUT2D eigenvalue weighted by Crippen LogP contribution is 2.28. The van der Waals surface area contributed by atoms with Crippen molar-refractivity contribution >= 4 is 43.9 Å². The average Bonchev–Trinajstić information content (AvgIpc) is 2.96. The summed E-state index contributed by atoms with van der Waals surface area (Å²) in [7, 11) is 0. The maximum absolute atomic E-state index is 5.85. The third kappa shape index (κ3) is 2.31. The fraction of sp³-hybridized carbons (Fsp3) is 0.143. The van der Waals surface area contributed by atoms with E-state index in [0.717, 1.165) is 26.9 Å². The van der Waals surface area contributed by atoms with Crippen molar-refractivity contribution in [2.45, 2.75) is 13.0 Å². The van der Waals surface area contributed by atoms with Crippen LogP contribution in [0.15, 0.2) is 50.0 Å². The third-order valence-electron chi connectivity index (χ3n) is 2.83. The topological polar surface area (TPSA) is 25.2 Å². The quantitative estimate of drug-likeness (QED) is 0.695. The lowest BCUT2D eigenvalue weighted by Gasteiger charge is -2.10. The fourth-order valence-corrected chi connectivity index (χ4v) is 2.89. The number of hydrogen-bond donors (Lipinski definition) is 1. The van der Waals surface area contributed by atoms with Gasteiger partial charge in [0.05, 0.1) is 6.04 Å². The lowest BCUT2D eigenvalue weighted by atomic mass is 10.2. The lowest BCUT2D eigenvalue weighted by Crippen LogP contribution is -2.04. The molecular formula is C14H12BrNOS. The second kappa shape index (κ2) is 4.78. The molecule has 0 spiro atoms. The zero-order chi connectivity index (χ0) is 12.5. The van der Waals surface area contributed by atoms with Gasteiger partial charge in [0, 0.05) is 20.9 Å². The first-order valence-corrected chi connectivity index (χ1v) is 7.44. The number of nitrogens with one attached hydrogen (secondary N) is 1. The monoisotopic (exact) mass is 321 g/mol. The Bertz CT molecular complexity index is 660. The van der Waals surface area contributed by atoms with Gasteiger partial charge in [0.15, 0.2) is 0 Å². The van der Waals surface area contributed by atoms with Gasteiger partial charge >= 0.3 is 0 Å². The molecule has 1 N–H and O–H groups in total. The number of hydrogen-bond acceptors (Lipinski definition) is 3. The van der Waals surface area contributed by atoms with Crippen LogP contribution in [0.4, 0.5) is 5.69 Å². The van der Waals surface area contributed by atoms with E-state index in [2.05, 4.69) is 57.1 Å². The number of anilines is 1. The molecule has 2 heterocycles. The van der Waals surface area contributed by atoms with Crippen molar-refractivity contribution in [3.63, 3.8) is 0 Å². The van der Waals surface area contributed by atoms with Crippen LogP contribution in [-0.4, -0.2) is 0 Å². The molecule has 3 rings (SSSR count). The van der Waals surface area contributed by atoms with Gasteiger partial charge in [-0.15, -0.1) is 0 Å². The molecule has 0 aliphatic heterocycles. The molecule has 0 saturated heterocycles. The van der Waals surface area contributed by atoms with E-state index >= 15 is 0 Å². The van der Waals surface area contributed by atoms with Gasteiger partial charge in [0.1, 0.15) is 11.3 Å². The molecule has 1 atom stereocenters. The van der Waals surface area contributed by atoms with E-state index in [1.165, 1.54) is 0 Å². The van der Waals surface area contributed by atoms with Gasteiger partial charge in [-0.1, -0.05) is 15.9 Å². The van der Waals surface area contributed by atoms with Crippen LogP contribution in [0.25, 0.3) is 11.0 Å². The number of furan rings is 1. The minimum Gasteiger partial charge on any atom is -0.459 e. The van der Waals surface area contributed by atoms with Gasteiger partial charge in [-0.25, -0.2) is 0 Å². The third-order valence-corrected chi connectivity index (χ3v) is 4.01. The van der Waals surface area contributed by atoms with Crippen molar-refractivity contribution in [3.8, 4) is 0 Å². The van der Waals surface area contributed by atoms with Crippen LogP contribution >= 0.6 is 27.3 Å². The molecule has 0 aliphatic carbocycles. The Hall–Kier alpha value is -1.26. The molecule has 1 unspecified atom stereocenters. The van der Waals surface area contributed by atoms with Gasteiger partial charge in [0.2, 0.25) is 0 Å². The first-order chi connectivity index (χ1) is 8.72. The average molecular weight is 322 g/mol. The van der Waals surface area contributed by atoms with Crippen molar-refractivity contribution in [1.82, 2.24) is 0 Å². The lowest BCUT2D eigenvalue weighted by molar-refractivity contribution is 0.526. The number of rotatable bonds is 3. The normalized spacial score (nSPS) is 12.8. The van der Waals surface area contributed by atoms with E-state index in [4.69, 9.17) is 4.42 Å². The molecule has 0 saturated carbocycles. The molecule has 0 radical (unpaired) electrons. The maximum Gasteiger partial charge on any atom is 0.134 e. The van der Waals surface area contributed by atoms with Crippen molar-refractivity contribution in [1.29, 1.82) is 0 Å². The molecule has 0 bridgehead atoms. The summed E-state index contributed by atoms with van der Waals surface area (Å²) < 4.78 is 6.92. The van der Waals surface area contributed by atoms with Gasteiger partial charge in [-0.2, -0.15) is 11.3 Å². The molecule has 92 valence electrons. The van der Waals surface area contributed by atoms with Crippen molar-refractivity contribution in [2.75, 3.05) is 5.32 Å². The number of benzene rings is 1. The van der Waals surface area contributed by atoms with E-state index in [-0.39, 0.29) is 6.04 Å². The molecule has 0 aliphatic rings. The van der Waals surface area contributed by atoms with Gasteiger partial charge in [0.25, 0.3) is 0 Å². The minimum atomic E-state index is 0.158. The molecule has 2 nitrogen and oxygen atoms in total. The van der Waals surface area contributed by atoms with Crippen molar-refractivity contribution in [3.05, 3.63) is 51.3 Å². The minimum absolute atomic E-state index is 0.158. The van der Waals surface area contributed by atoms with Gasteiger partial charge in [-0.05, 0) is 42.6 Å². The molecule has 1 aromatic carbocycles. The summed E-state index contributed by atoms with van der Waals surface area (Å²) in [6.45, 7) is 2.10. The molecule has 0 amide bonds. The Morgan fingerprint density at radius 2 is 2.17 bits per heavy atom. The van der Waals surface area contributed by atoms with Gasteiger partial charge < -0.3 is 9.73 Å². The van der Waals surface area contributed by atoms with Crippen LogP contribution in [0.5, 0.6) is 0 Å². The van der Waals surface area contributed by atoms with E-state index in [0.29, 0.717) is 0 Å². The number of thiophene rings is 1. The summed E-state index contributed by atoms with van der Waals surface area (Å²) >= 11 is 5.16. The molecule has 18 heavy (non-hydrogen) atoms. The Balaban J connectivity index is 1.89. The SMILES string of the molecule is CC(Nc1ccsc1)c1cc2cc(Br)ccc2o1. The molecule has 0 fully saturated rings. The first-order valence-electron chi connectivity index (χ1n) is 5.70. The van der Waals surface area contributed by atoms with Crippen LogP contribution in [0.3, 0.4) is 0 Å². The second-order valence-electron chi connectivity index (χ2n) is 4.21. The molecule has 4 heteroatoms. The van der Waals surface area contributed by atoms with Crippen molar-refractivity contribution in [2.24, 2.45) is 0 Å². The van der Waals surface area contributed by atoms with E-state index in [9.17, 15) is 0 Å². The summed E-state index contributed by atoms with van der Waals surface area (Å²) in [6.07, 6.45) is 0. The smallest absolute Gasteiger partial charge is 0.134 e. The predicted molar refractivity (Wildman–Crippen MR) is 80.3 cm³/mol. The summed E-state index contributed by atoms with van der Waals surface area (Å²) in [4.78, 5) is 0. The zero-order valence-corrected chi connectivity index (χ0v) is 12.2. The summed E-state index contributed by atoms with van der Waals surface area (Å²) in [5.41, 5.74) is 2.06. The Labute approximate surface area is 118 Å². The molecule has 3 aromatic rings. The van der Waals surface area contributed by atoms with Crippen LogP contribution in [0, 0.1) is 0 Å². The highest BCUT2D eigenvalue weighted by atomic mass is 79.9. The van der Waals surface area contributed by atoms with Crippen LogP contribution in [0.1, 0.15) is 18.7 Å². The molecule has 2 aromatic heterocycles. The van der Waals surface area contributed by atoms with Gasteiger partial charge in [-0.3, -0.25) is 0 Å². The highest BCUT2D eigenvalue weighted by molar-refractivity contribution is 9.10. The maximum atomic E-state index is 5.85. The summed E-state index contributed by atoms with van der Waals surface area (Å²) in [6, 6.07) is 10.4. The Morgan fingerprint density at radius 3 is 2.94 bits per heavy atom.